The quantitative estimate of drug-likeness (QED) is 0.758. The van der Waals surface area contributed by atoms with Gasteiger partial charge < -0.3 is 19.1 Å². The van der Waals surface area contributed by atoms with Crippen LogP contribution >= 0.6 is 12.2 Å². The molecule has 0 amide bonds. The van der Waals surface area contributed by atoms with Crippen LogP contribution in [0.5, 0.6) is 0 Å². The van der Waals surface area contributed by atoms with Crippen LogP contribution in [-0.2, 0) is 13.2 Å². The second-order valence-corrected chi connectivity index (χ2v) is 3.30. The van der Waals surface area contributed by atoms with Gasteiger partial charge in [-0.15, -0.1) is 0 Å². The van der Waals surface area contributed by atoms with Crippen LogP contribution in [-0.4, -0.2) is 14.7 Å². The number of aliphatic hydroxyl groups excluding tert-OH is 1. The van der Waals surface area contributed by atoms with Gasteiger partial charge in [0.15, 0.2) is 4.77 Å². The lowest BCUT2D eigenvalue weighted by atomic mass is 10.4. The fraction of sp³-hybridized carbons (Fsp3) is 0.222. The van der Waals surface area contributed by atoms with Crippen LogP contribution in [0.4, 0.5) is 0 Å². The van der Waals surface area contributed by atoms with E-state index in [1.54, 1.807) is 17.0 Å². The van der Waals surface area contributed by atoms with E-state index in [0.717, 1.165) is 11.5 Å². The Morgan fingerprint density at radius 2 is 2.43 bits per heavy atom. The number of H-pyrrole nitrogens is 1. The summed E-state index contributed by atoms with van der Waals surface area (Å²) in [7, 11) is 0. The molecular weight excluding hydrogens is 200 g/mol. The Labute approximate surface area is 85.8 Å². The summed E-state index contributed by atoms with van der Waals surface area (Å²) in [5, 5.41) is 9.04. The molecule has 0 unspecified atom stereocenters. The molecule has 4 nitrogen and oxygen atoms in total. The first-order valence-corrected chi connectivity index (χ1v) is 4.62. The molecule has 2 heterocycles. The van der Waals surface area contributed by atoms with Gasteiger partial charge in [-0.25, -0.2) is 0 Å². The summed E-state index contributed by atoms with van der Waals surface area (Å²) in [6, 6.07) is 3.69. The van der Waals surface area contributed by atoms with Crippen molar-refractivity contribution in [2.45, 2.75) is 13.2 Å². The predicted molar refractivity (Wildman–Crippen MR) is 53.3 cm³/mol. The molecule has 0 saturated heterocycles. The zero-order chi connectivity index (χ0) is 9.97. The van der Waals surface area contributed by atoms with E-state index in [0.29, 0.717) is 11.3 Å². The zero-order valence-corrected chi connectivity index (χ0v) is 8.25. The number of nitrogens with one attached hydrogen (secondary N) is 1. The molecular formula is C9H10N2O2S. The third-order valence-electron chi connectivity index (χ3n) is 2.01. The minimum absolute atomic E-state index is 0.0339. The fourth-order valence-corrected chi connectivity index (χ4v) is 1.53. The Balaban J connectivity index is 2.32. The molecule has 14 heavy (non-hydrogen) atoms. The Kier molecular flexibility index (Phi) is 2.51. The Morgan fingerprint density at radius 3 is 3.07 bits per heavy atom. The van der Waals surface area contributed by atoms with Gasteiger partial charge in [0.25, 0.3) is 0 Å². The van der Waals surface area contributed by atoms with E-state index in [9.17, 15) is 0 Å². The highest BCUT2D eigenvalue weighted by molar-refractivity contribution is 7.71. The molecule has 0 bridgehead atoms. The van der Waals surface area contributed by atoms with Crippen molar-refractivity contribution in [3.05, 3.63) is 40.8 Å². The van der Waals surface area contributed by atoms with Crippen molar-refractivity contribution < 1.29 is 9.52 Å². The highest BCUT2D eigenvalue weighted by Crippen LogP contribution is 2.08. The average Bonchev–Trinajstić information content (AvgIpc) is 2.79. The van der Waals surface area contributed by atoms with Crippen LogP contribution in [0.2, 0.25) is 0 Å². The lowest BCUT2D eigenvalue weighted by molar-refractivity contribution is 0.270. The highest BCUT2D eigenvalue weighted by atomic mass is 32.1. The minimum atomic E-state index is -0.0339. The lowest BCUT2D eigenvalue weighted by Crippen LogP contribution is -2.03. The molecule has 0 fully saturated rings. The smallest absolute Gasteiger partial charge is 0.177 e. The van der Waals surface area contributed by atoms with Crippen molar-refractivity contribution >= 4 is 12.2 Å². The van der Waals surface area contributed by atoms with Crippen LogP contribution in [0.3, 0.4) is 0 Å². The monoisotopic (exact) mass is 210 g/mol. The number of nitrogens with zero attached hydrogens (tertiary/aromatic N) is 1. The summed E-state index contributed by atoms with van der Waals surface area (Å²) in [4.78, 5) is 2.88. The van der Waals surface area contributed by atoms with E-state index >= 15 is 0 Å². The van der Waals surface area contributed by atoms with Crippen molar-refractivity contribution in [1.29, 1.82) is 0 Å². The molecule has 0 aromatic carbocycles. The van der Waals surface area contributed by atoms with Crippen molar-refractivity contribution in [3.63, 3.8) is 0 Å². The molecule has 0 aliphatic rings. The SMILES string of the molecule is OCc1c[nH]c(=S)n1Cc1ccco1. The number of imidazole rings is 1. The molecule has 5 heteroatoms. The number of rotatable bonds is 3. The van der Waals surface area contributed by atoms with E-state index in [2.05, 4.69) is 4.98 Å². The van der Waals surface area contributed by atoms with E-state index in [1.807, 2.05) is 12.1 Å². The average molecular weight is 210 g/mol. The van der Waals surface area contributed by atoms with E-state index < -0.39 is 0 Å². The van der Waals surface area contributed by atoms with Crippen molar-refractivity contribution in [3.8, 4) is 0 Å². The Morgan fingerprint density at radius 1 is 1.57 bits per heavy atom. The summed E-state index contributed by atoms with van der Waals surface area (Å²) >= 11 is 5.07. The molecule has 0 aliphatic carbocycles. The largest absolute Gasteiger partial charge is 0.467 e. The first-order valence-electron chi connectivity index (χ1n) is 4.21. The van der Waals surface area contributed by atoms with Crippen LogP contribution in [0.15, 0.2) is 29.0 Å². The highest BCUT2D eigenvalue weighted by Gasteiger charge is 2.04. The molecule has 0 saturated carbocycles. The topological polar surface area (TPSA) is 54.1 Å². The summed E-state index contributed by atoms with van der Waals surface area (Å²) < 4.78 is 7.59. The zero-order valence-electron chi connectivity index (χ0n) is 7.43. The standard InChI is InChI=1S/C9H10N2O2S/c12-6-7-4-10-9(14)11(7)5-8-2-1-3-13-8/h1-4,12H,5-6H2,(H,10,14). The number of aliphatic hydroxyl groups is 1. The molecule has 0 aliphatic heterocycles. The van der Waals surface area contributed by atoms with Gasteiger partial charge in [0.05, 0.1) is 25.1 Å². The third-order valence-corrected chi connectivity index (χ3v) is 2.35. The maximum atomic E-state index is 9.04. The second-order valence-electron chi connectivity index (χ2n) is 2.91. The maximum absolute atomic E-state index is 9.04. The van der Waals surface area contributed by atoms with Gasteiger partial charge >= 0.3 is 0 Å². The van der Waals surface area contributed by atoms with Gasteiger partial charge in [0, 0.05) is 6.20 Å². The van der Waals surface area contributed by atoms with E-state index in [1.165, 1.54) is 0 Å². The molecule has 2 N–H and O–H groups in total. The maximum Gasteiger partial charge on any atom is 0.177 e. The minimum Gasteiger partial charge on any atom is -0.467 e. The number of hydrogen-bond acceptors (Lipinski definition) is 3. The first kappa shape index (κ1) is 9.23. The normalized spacial score (nSPS) is 10.6. The molecule has 2 aromatic rings. The van der Waals surface area contributed by atoms with Gasteiger partial charge in [-0.2, -0.15) is 0 Å². The number of hydrogen-bond donors (Lipinski definition) is 2. The Hall–Kier alpha value is -1.33. The lowest BCUT2D eigenvalue weighted by Gasteiger charge is -2.03. The summed E-state index contributed by atoms with van der Waals surface area (Å²) in [6.07, 6.45) is 3.31. The van der Waals surface area contributed by atoms with Gasteiger partial charge in [0.1, 0.15) is 5.76 Å². The first-order chi connectivity index (χ1) is 6.81. The Bertz CT molecular complexity index is 455. The van der Waals surface area contributed by atoms with Gasteiger partial charge in [0.2, 0.25) is 0 Å². The van der Waals surface area contributed by atoms with Gasteiger partial charge in [-0.3, -0.25) is 0 Å². The molecule has 0 spiro atoms. The van der Waals surface area contributed by atoms with Gasteiger partial charge in [-0.05, 0) is 24.4 Å². The predicted octanol–water partition coefficient (Wildman–Crippen LogP) is 1.68. The van der Waals surface area contributed by atoms with Crippen LogP contribution in [0.25, 0.3) is 0 Å². The summed E-state index contributed by atoms with van der Waals surface area (Å²) in [6.45, 7) is 0.513. The van der Waals surface area contributed by atoms with Crippen LogP contribution < -0.4 is 0 Å². The molecule has 0 atom stereocenters. The van der Waals surface area contributed by atoms with Crippen LogP contribution in [0, 0.1) is 4.77 Å². The number of aromatic nitrogens is 2. The van der Waals surface area contributed by atoms with Crippen molar-refractivity contribution in [2.75, 3.05) is 0 Å². The second kappa shape index (κ2) is 3.81. The van der Waals surface area contributed by atoms with Gasteiger partial charge in [-0.1, -0.05) is 0 Å². The molecule has 74 valence electrons. The van der Waals surface area contributed by atoms with Crippen molar-refractivity contribution in [1.82, 2.24) is 9.55 Å². The third kappa shape index (κ3) is 1.64. The fourth-order valence-electron chi connectivity index (χ4n) is 1.29. The number of furan rings is 1. The number of aromatic amines is 1. The van der Waals surface area contributed by atoms with E-state index in [-0.39, 0.29) is 6.61 Å². The molecule has 2 aromatic heterocycles. The summed E-state index contributed by atoms with van der Waals surface area (Å²) in [5.74, 6) is 0.815. The molecule has 2 rings (SSSR count). The van der Waals surface area contributed by atoms with Crippen molar-refractivity contribution in [2.24, 2.45) is 0 Å². The molecule has 0 radical (unpaired) electrons. The summed E-state index contributed by atoms with van der Waals surface area (Å²) in [5.41, 5.74) is 0.756. The van der Waals surface area contributed by atoms with E-state index in [4.69, 9.17) is 21.7 Å². The van der Waals surface area contributed by atoms with Crippen LogP contribution in [0.1, 0.15) is 11.5 Å².